The number of nitrogens with zero attached hydrogens (tertiary/aromatic N) is 2. The van der Waals surface area contributed by atoms with Crippen molar-refractivity contribution in [2.45, 2.75) is 26.2 Å². The van der Waals surface area contributed by atoms with Crippen LogP contribution in [0.4, 0.5) is 5.13 Å². The van der Waals surface area contributed by atoms with Crippen molar-refractivity contribution in [1.29, 1.82) is 0 Å². The third-order valence-electron chi connectivity index (χ3n) is 3.42. The lowest BCUT2D eigenvalue weighted by molar-refractivity contribution is -0.116. The van der Waals surface area contributed by atoms with Gasteiger partial charge < -0.3 is 10.2 Å². The lowest BCUT2D eigenvalue weighted by Gasteiger charge is -2.22. The Morgan fingerprint density at radius 1 is 1.25 bits per heavy atom. The number of nitrogens with one attached hydrogen (secondary N) is 1. The van der Waals surface area contributed by atoms with Crippen LogP contribution in [0.2, 0.25) is 0 Å². The third kappa shape index (κ3) is 5.72. The van der Waals surface area contributed by atoms with Gasteiger partial charge in [-0.05, 0) is 30.7 Å². The zero-order chi connectivity index (χ0) is 17.4. The predicted octanol–water partition coefficient (Wildman–Crippen LogP) is 4.18. The molecule has 1 heterocycles. The van der Waals surface area contributed by atoms with Gasteiger partial charge in [-0.3, -0.25) is 9.59 Å². The van der Waals surface area contributed by atoms with Gasteiger partial charge in [-0.2, -0.15) is 0 Å². The van der Waals surface area contributed by atoms with E-state index in [2.05, 4.69) is 33.2 Å². The zero-order valence-electron chi connectivity index (χ0n) is 13.5. The van der Waals surface area contributed by atoms with Crippen LogP contribution < -0.4 is 5.32 Å². The quantitative estimate of drug-likeness (QED) is 0.665. The minimum atomic E-state index is -0.230. The summed E-state index contributed by atoms with van der Waals surface area (Å²) in [7, 11) is 0. The van der Waals surface area contributed by atoms with Crippen molar-refractivity contribution in [3.8, 4) is 0 Å². The molecule has 2 aromatic rings. The fourth-order valence-corrected chi connectivity index (χ4v) is 3.01. The summed E-state index contributed by atoms with van der Waals surface area (Å²) in [6, 6.07) is 7.18. The van der Waals surface area contributed by atoms with Gasteiger partial charge in [-0.15, -0.1) is 11.3 Å². The van der Waals surface area contributed by atoms with Crippen LogP contribution in [0, 0.1) is 0 Å². The zero-order valence-corrected chi connectivity index (χ0v) is 15.9. The Bertz CT molecular complexity index is 659. The molecule has 0 saturated heterocycles. The SMILES string of the molecule is CCCCCN(CC(=O)Nc1nccs1)C(=O)c1ccc(Br)cc1. The summed E-state index contributed by atoms with van der Waals surface area (Å²) in [5.41, 5.74) is 0.580. The first-order chi connectivity index (χ1) is 11.6. The number of anilines is 1. The number of hydrogen-bond acceptors (Lipinski definition) is 4. The second-order valence-electron chi connectivity index (χ2n) is 5.33. The molecule has 2 rings (SSSR count). The smallest absolute Gasteiger partial charge is 0.254 e. The van der Waals surface area contributed by atoms with E-state index in [4.69, 9.17) is 0 Å². The summed E-state index contributed by atoms with van der Waals surface area (Å²) in [5.74, 6) is -0.361. The predicted molar refractivity (Wildman–Crippen MR) is 100 cm³/mol. The molecule has 1 N–H and O–H groups in total. The van der Waals surface area contributed by atoms with Crippen molar-refractivity contribution in [3.63, 3.8) is 0 Å². The summed E-state index contributed by atoms with van der Waals surface area (Å²) < 4.78 is 0.915. The van der Waals surface area contributed by atoms with Crippen molar-refractivity contribution in [1.82, 2.24) is 9.88 Å². The maximum Gasteiger partial charge on any atom is 0.254 e. The number of unbranched alkanes of at least 4 members (excludes halogenated alkanes) is 2. The number of benzene rings is 1. The number of hydrogen-bond donors (Lipinski definition) is 1. The number of aromatic nitrogens is 1. The standard InChI is InChI=1S/C17H20BrN3O2S/c1-2-3-4-10-21(12-15(22)20-17-19-9-11-24-17)16(23)13-5-7-14(18)8-6-13/h5-9,11H,2-4,10,12H2,1H3,(H,19,20,22). The van der Waals surface area contributed by atoms with E-state index >= 15 is 0 Å². The van der Waals surface area contributed by atoms with Crippen LogP contribution in [0.25, 0.3) is 0 Å². The Morgan fingerprint density at radius 2 is 2.00 bits per heavy atom. The van der Waals surface area contributed by atoms with Crippen molar-refractivity contribution in [3.05, 3.63) is 45.9 Å². The minimum Gasteiger partial charge on any atom is -0.329 e. The molecule has 0 radical (unpaired) electrons. The second kappa shape index (κ2) is 9.54. The number of halogens is 1. The Labute approximate surface area is 154 Å². The normalized spacial score (nSPS) is 10.4. The van der Waals surface area contributed by atoms with Crippen LogP contribution in [0.5, 0.6) is 0 Å². The Hall–Kier alpha value is -1.73. The molecule has 1 aromatic carbocycles. The van der Waals surface area contributed by atoms with Crippen molar-refractivity contribution < 1.29 is 9.59 Å². The molecule has 0 fully saturated rings. The highest BCUT2D eigenvalue weighted by atomic mass is 79.9. The highest BCUT2D eigenvalue weighted by Gasteiger charge is 2.19. The molecule has 0 saturated carbocycles. The fraction of sp³-hybridized carbons (Fsp3) is 0.353. The van der Waals surface area contributed by atoms with E-state index in [1.54, 1.807) is 28.6 Å². The maximum atomic E-state index is 12.7. The lowest BCUT2D eigenvalue weighted by atomic mass is 10.1. The van der Waals surface area contributed by atoms with Crippen LogP contribution in [0.15, 0.2) is 40.3 Å². The van der Waals surface area contributed by atoms with E-state index in [0.29, 0.717) is 17.2 Å². The van der Waals surface area contributed by atoms with E-state index in [1.807, 2.05) is 12.1 Å². The molecule has 0 spiro atoms. The van der Waals surface area contributed by atoms with E-state index in [1.165, 1.54) is 11.3 Å². The second-order valence-corrected chi connectivity index (χ2v) is 7.14. The van der Waals surface area contributed by atoms with E-state index in [9.17, 15) is 9.59 Å². The van der Waals surface area contributed by atoms with E-state index < -0.39 is 0 Å². The van der Waals surface area contributed by atoms with Crippen molar-refractivity contribution in [2.75, 3.05) is 18.4 Å². The molecule has 0 aliphatic carbocycles. The van der Waals surface area contributed by atoms with Gasteiger partial charge in [0.1, 0.15) is 6.54 Å². The monoisotopic (exact) mass is 409 g/mol. The molecule has 2 amide bonds. The van der Waals surface area contributed by atoms with E-state index in [-0.39, 0.29) is 18.4 Å². The summed E-state index contributed by atoms with van der Waals surface area (Å²) in [6.07, 6.45) is 4.60. The fourth-order valence-electron chi connectivity index (χ4n) is 2.20. The maximum absolute atomic E-state index is 12.7. The molecule has 128 valence electrons. The van der Waals surface area contributed by atoms with Crippen molar-refractivity contribution >= 4 is 44.2 Å². The molecule has 5 nitrogen and oxygen atoms in total. The molecule has 0 aliphatic rings. The molecule has 0 aliphatic heterocycles. The molecular weight excluding hydrogens is 390 g/mol. The van der Waals surface area contributed by atoms with Crippen molar-refractivity contribution in [2.24, 2.45) is 0 Å². The van der Waals surface area contributed by atoms with Gasteiger partial charge in [0, 0.05) is 28.2 Å². The number of carbonyl (C=O) groups excluding carboxylic acids is 2. The highest BCUT2D eigenvalue weighted by Crippen LogP contribution is 2.14. The average Bonchev–Trinajstić information content (AvgIpc) is 3.07. The molecule has 0 bridgehead atoms. The van der Waals surface area contributed by atoms with Crippen LogP contribution >= 0.6 is 27.3 Å². The summed E-state index contributed by atoms with van der Waals surface area (Å²) in [5, 5.41) is 5.06. The highest BCUT2D eigenvalue weighted by molar-refractivity contribution is 9.10. The number of thiazole rings is 1. The first kappa shape index (κ1) is 18.6. The Balaban J connectivity index is 2.03. The molecule has 24 heavy (non-hydrogen) atoms. The topological polar surface area (TPSA) is 62.3 Å². The van der Waals surface area contributed by atoms with Crippen LogP contribution in [0.1, 0.15) is 36.5 Å². The summed E-state index contributed by atoms with van der Waals surface area (Å²) in [4.78, 5) is 30.5. The number of carbonyl (C=O) groups is 2. The third-order valence-corrected chi connectivity index (χ3v) is 4.64. The summed E-state index contributed by atoms with van der Waals surface area (Å²) >= 11 is 4.72. The van der Waals surface area contributed by atoms with Crippen LogP contribution in [-0.2, 0) is 4.79 Å². The van der Waals surface area contributed by atoms with Gasteiger partial charge in [0.25, 0.3) is 5.91 Å². The molecule has 0 atom stereocenters. The lowest BCUT2D eigenvalue weighted by Crippen LogP contribution is -2.38. The first-order valence-electron chi connectivity index (χ1n) is 7.84. The minimum absolute atomic E-state index is 0.0260. The number of rotatable bonds is 8. The van der Waals surface area contributed by atoms with Gasteiger partial charge >= 0.3 is 0 Å². The van der Waals surface area contributed by atoms with Gasteiger partial charge in [-0.25, -0.2) is 4.98 Å². The Kier molecular flexibility index (Phi) is 7.39. The van der Waals surface area contributed by atoms with Gasteiger partial charge in [0.15, 0.2) is 5.13 Å². The molecule has 7 heteroatoms. The van der Waals surface area contributed by atoms with Crippen LogP contribution in [0.3, 0.4) is 0 Å². The summed E-state index contributed by atoms with van der Waals surface area (Å²) in [6.45, 7) is 2.70. The molecular formula is C17H20BrN3O2S. The first-order valence-corrected chi connectivity index (χ1v) is 9.51. The van der Waals surface area contributed by atoms with Crippen LogP contribution in [-0.4, -0.2) is 34.8 Å². The number of amides is 2. The average molecular weight is 410 g/mol. The van der Waals surface area contributed by atoms with E-state index in [0.717, 1.165) is 23.7 Å². The van der Waals surface area contributed by atoms with Gasteiger partial charge in [-0.1, -0.05) is 35.7 Å². The van der Waals surface area contributed by atoms with Gasteiger partial charge in [0.2, 0.25) is 5.91 Å². The largest absolute Gasteiger partial charge is 0.329 e. The molecule has 1 aromatic heterocycles. The molecule has 0 unspecified atom stereocenters. The Morgan fingerprint density at radius 3 is 2.62 bits per heavy atom. The van der Waals surface area contributed by atoms with Gasteiger partial charge in [0.05, 0.1) is 0 Å².